The fourth-order valence-corrected chi connectivity index (χ4v) is 6.10. The fourth-order valence-electron chi connectivity index (χ4n) is 6.10. The molecule has 7 aromatic rings. The normalized spacial score (nSPS) is 12.0. The Balaban J connectivity index is 1.50. The van der Waals surface area contributed by atoms with E-state index < -0.39 is 0 Å². The van der Waals surface area contributed by atoms with E-state index >= 15 is 0 Å². The molecule has 0 radical (unpaired) electrons. The van der Waals surface area contributed by atoms with E-state index in [9.17, 15) is 5.26 Å². The van der Waals surface area contributed by atoms with E-state index in [0.29, 0.717) is 23.0 Å². The number of aromatic nitrogens is 4. The quantitative estimate of drug-likeness (QED) is 0.199. The molecule has 0 spiro atoms. The molecule has 0 atom stereocenters. The van der Waals surface area contributed by atoms with Gasteiger partial charge in [-0.3, -0.25) is 0 Å². The van der Waals surface area contributed by atoms with Crippen molar-refractivity contribution in [3.05, 3.63) is 132 Å². The molecule has 0 amide bonds. The van der Waals surface area contributed by atoms with Crippen LogP contribution in [0.4, 0.5) is 0 Å². The van der Waals surface area contributed by atoms with Gasteiger partial charge < -0.3 is 4.57 Å². The molecular weight excluding hydrogens is 574 g/mol. The van der Waals surface area contributed by atoms with Crippen LogP contribution in [-0.2, 0) is 10.8 Å². The molecule has 0 aliphatic carbocycles. The lowest BCUT2D eigenvalue weighted by Gasteiger charge is -2.19. The Hall–Kier alpha value is -5.60. The number of hydrogen-bond acceptors (Lipinski definition) is 4. The molecule has 5 nitrogen and oxygen atoms in total. The van der Waals surface area contributed by atoms with Crippen LogP contribution >= 0.6 is 0 Å². The predicted octanol–water partition coefficient (Wildman–Crippen LogP) is 10.4. The molecule has 47 heavy (non-hydrogen) atoms. The highest BCUT2D eigenvalue weighted by molar-refractivity contribution is 6.10. The summed E-state index contributed by atoms with van der Waals surface area (Å²) >= 11 is 0. The summed E-state index contributed by atoms with van der Waals surface area (Å²) in [5.74, 6) is 1.75. The van der Waals surface area contributed by atoms with Crippen LogP contribution in [0.1, 0.15) is 58.2 Å². The van der Waals surface area contributed by atoms with Crippen molar-refractivity contribution in [1.82, 2.24) is 19.5 Å². The summed E-state index contributed by atoms with van der Waals surface area (Å²) in [5.41, 5.74) is 8.63. The summed E-state index contributed by atoms with van der Waals surface area (Å²) in [6, 6.07) is 41.7. The molecule has 0 bridgehead atoms. The topological polar surface area (TPSA) is 67.4 Å². The zero-order chi connectivity index (χ0) is 32.9. The van der Waals surface area contributed by atoms with Crippen LogP contribution < -0.4 is 0 Å². The van der Waals surface area contributed by atoms with Gasteiger partial charge in [0.2, 0.25) is 0 Å². The van der Waals surface area contributed by atoms with Crippen molar-refractivity contribution in [3.8, 4) is 45.9 Å². The summed E-state index contributed by atoms with van der Waals surface area (Å²) in [7, 11) is 0. The summed E-state index contributed by atoms with van der Waals surface area (Å²) in [5, 5.41) is 12.7. The summed E-state index contributed by atoms with van der Waals surface area (Å²) in [4.78, 5) is 14.8. The Kier molecular flexibility index (Phi) is 7.25. The van der Waals surface area contributed by atoms with Gasteiger partial charge in [0, 0.05) is 27.5 Å². The van der Waals surface area contributed by atoms with Crippen molar-refractivity contribution >= 4 is 21.8 Å². The third kappa shape index (κ3) is 5.57. The van der Waals surface area contributed by atoms with Crippen LogP contribution in [0.2, 0.25) is 0 Å². The average molecular weight is 612 g/mol. The second-order valence-corrected chi connectivity index (χ2v) is 14.2. The van der Waals surface area contributed by atoms with Crippen molar-refractivity contribution in [3.63, 3.8) is 0 Å². The van der Waals surface area contributed by atoms with E-state index in [-0.39, 0.29) is 10.8 Å². The highest BCUT2D eigenvalue weighted by atomic mass is 15.0. The number of fused-ring (bicyclic) bond motifs is 3. The third-order valence-corrected chi connectivity index (χ3v) is 8.81. The van der Waals surface area contributed by atoms with Gasteiger partial charge in [0.05, 0.1) is 22.3 Å². The van der Waals surface area contributed by atoms with Crippen molar-refractivity contribution in [2.24, 2.45) is 0 Å². The maximum absolute atomic E-state index is 10.4. The van der Waals surface area contributed by atoms with Crippen molar-refractivity contribution in [1.29, 1.82) is 5.26 Å². The first kappa shape index (κ1) is 30.1. The van der Waals surface area contributed by atoms with E-state index in [4.69, 9.17) is 15.0 Å². The molecule has 0 saturated carbocycles. The number of hydrogen-bond donors (Lipinski definition) is 0. The lowest BCUT2D eigenvalue weighted by molar-refractivity contribution is 0.590. The van der Waals surface area contributed by atoms with Crippen molar-refractivity contribution in [2.45, 2.75) is 52.4 Å². The van der Waals surface area contributed by atoms with E-state index in [1.807, 2.05) is 78.9 Å². The summed E-state index contributed by atoms with van der Waals surface area (Å²) in [6.45, 7) is 13.5. The highest BCUT2D eigenvalue weighted by Crippen LogP contribution is 2.39. The minimum atomic E-state index is -0.00636. The molecule has 2 aromatic heterocycles. The van der Waals surface area contributed by atoms with Gasteiger partial charge >= 0.3 is 0 Å². The number of nitrogens with zero attached hydrogens (tertiary/aromatic N) is 5. The monoisotopic (exact) mass is 611 g/mol. The van der Waals surface area contributed by atoms with Crippen LogP contribution in [0, 0.1) is 11.3 Å². The van der Waals surface area contributed by atoms with E-state index in [0.717, 1.165) is 33.4 Å². The van der Waals surface area contributed by atoms with E-state index in [2.05, 4.69) is 88.6 Å². The van der Waals surface area contributed by atoms with Gasteiger partial charge in [-0.05, 0) is 64.4 Å². The number of nitriles is 1. The van der Waals surface area contributed by atoms with E-state index in [1.165, 1.54) is 21.9 Å². The van der Waals surface area contributed by atoms with Gasteiger partial charge in [0.1, 0.15) is 6.07 Å². The van der Waals surface area contributed by atoms with Crippen LogP contribution in [0.15, 0.2) is 115 Å². The first-order chi connectivity index (χ1) is 22.5. The first-order valence-electron chi connectivity index (χ1n) is 16.0. The van der Waals surface area contributed by atoms with Crippen LogP contribution in [0.3, 0.4) is 0 Å². The lowest BCUT2D eigenvalue weighted by atomic mass is 9.85. The predicted molar refractivity (Wildman–Crippen MR) is 193 cm³/mol. The molecule has 2 heterocycles. The third-order valence-electron chi connectivity index (χ3n) is 8.81. The molecule has 0 aliphatic heterocycles. The summed E-state index contributed by atoms with van der Waals surface area (Å²) < 4.78 is 2.23. The fraction of sp³-hybridized carbons (Fsp3) is 0.190. The van der Waals surface area contributed by atoms with Gasteiger partial charge in [-0.1, -0.05) is 114 Å². The standard InChI is InChI=1S/C42H37N5/c1-41(2,3)31-19-21-35-33(24-31)34-25-32(42(4,5)6)20-22-36(34)47(35)37-23-29(17-18-30(37)26-43)40-45-38(27-13-9-7-10-14-27)44-39(46-40)28-15-11-8-12-16-28/h7-25H,1-6H3. The Labute approximate surface area is 276 Å². The summed E-state index contributed by atoms with van der Waals surface area (Å²) in [6.07, 6.45) is 0. The molecule has 0 saturated heterocycles. The Morgan fingerprint density at radius 3 is 1.38 bits per heavy atom. The van der Waals surface area contributed by atoms with Gasteiger partial charge in [0.15, 0.2) is 17.5 Å². The molecule has 0 N–H and O–H groups in total. The number of rotatable bonds is 4. The largest absolute Gasteiger partial charge is 0.308 e. The smallest absolute Gasteiger partial charge is 0.164 e. The zero-order valence-electron chi connectivity index (χ0n) is 27.7. The van der Waals surface area contributed by atoms with Gasteiger partial charge in [0.25, 0.3) is 0 Å². The maximum Gasteiger partial charge on any atom is 0.164 e. The highest BCUT2D eigenvalue weighted by Gasteiger charge is 2.22. The second-order valence-electron chi connectivity index (χ2n) is 14.2. The number of benzene rings is 5. The molecule has 0 fully saturated rings. The van der Waals surface area contributed by atoms with Gasteiger partial charge in [-0.25, -0.2) is 15.0 Å². The van der Waals surface area contributed by atoms with E-state index in [1.54, 1.807) is 0 Å². The second kappa shape index (κ2) is 11.3. The molecular formula is C42H37N5. The lowest BCUT2D eigenvalue weighted by Crippen LogP contribution is -2.10. The Bertz CT molecular complexity index is 2180. The molecule has 7 rings (SSSR count). The van der Waals surface area contributed by atoms with Crippen molar-refractivity contribution < 1.29 is 0 Å². The van der Waals surface area contributed by atoms with Crippen LogP contribution in [-0.4, -0.2) is 19.5 Å². The SMILES string of the molecule is CC(C)(C)c1ccc2c(c1)c1cc(C(C)(C)C)ccc1n2-c1cc(-c2nc(-c3ccccc3)nc(-c3ccccc3)n2)ccc1C#N. The van der Waals surface area contributed by atoms with Crippen LogP contribution in [0.5, 0.6) is 0 Å². The Morgan fingerprint density at radius 1 is 0.511 bits per heavy atom. The molecule has 230 valence electrons. The minimum absolute atomic E-state index is 0.00636. The minimum Gasteiger partial charge on any atom is -0.308 e. The first-order valence-corrected chi connectivity index (χ1v) is 16.0. The molecule has 5 heteroatoms. The molecule has 0 unspecified atom stereocenters. The maximum atomic E-state index is 10.4. The average Bonchev–Trinajstić information content (AvgIpc) is 3.41. The van der Waals surface area contributed by atoms with Gasteiger partial charge in [-0.15, -0.1) is 0 Å². The molecule has 0 aliphatic rings. The van der Waals surface area contributed by atoms with Crippen LogP contribution in [0.25, 0.3) is 61.7 Å². The Morgan fingerprint density at radius 2 is 0.957 bits per heavy atom. The molecule has 5 aromatic carbocycles. The van der Waals surface area contributed by atoms with Gasteiger partial charge in [-0.2, -0.15) is 5.26 Å². The van der Waals surface area contributed by atoms with Crippen molar-refractivity contribution in [2.75, 3.05) is 0 Å². The zero-order valence-corrected chi connectivity index (χ0v) is 27.7.